The molecule has 3 rings (SSSR count). The average molecular weight is 505 g/mol. The van der Waals surface area contributed by atoms with Gasteiger partial charge in [0, 0.05) is 24.4 Å². The fourth-order valence-corrected chi connectivity index (χ4v) is 5.08. The van der Waals surface area contributed by atoms with Crippen molar-refractivity contribution >= 4 is 40.2 Å². The van der Waals surface area contributed by atoms with Crippen LogP contribution in [-0.4, -0.2) is 51.3 Å². The second-order valence-corrected chi connectivity index (χ2v) is 11.3. The maximum atomic E-state index is 13.5. The first-order valence-corrected chi connectivity index (χ1v) is 13.3. The van der Waals surface area contributed by atoms with Crippen molar-refractivity contribution in [2.45, 2.75) is 46.1 Å². The monoisotopic (exact) mass is 504 g/mol. The molecule has 9 heteroatoms. The van der Waals surface area contributed by atoms with Crippen LogP contribution in [0.5, 0.6) is 0 Å². The van der Waals surface area contributed by atoms with Crippen LogP contribution in [0.3, 0.4) is 0 Å². The van der Waals surface area contributed by atoms with E-state index in [9.17, 15) is 13.8 Å². The quantitative estimate of drug-likeness (QED) is 0.590. The molecule has 1 fully saturated rings. The van der Waals surface area contributed by atoms with E-state index in [2.05, 4.69) is 41.0 Å². The van der Waals surface area contributed by atoms with Gasteiger partial charge in [-0.2, -0.15) is 0 Å². The van der Waals surface area contributed by atoms with Gasteiger partial charge in [-0.25, -0.2) is 9.19 Å². The van der Waals surface area contributed by atoms with E-state index in [1.54, 1.807) is 18.2 Å². The summed E-state index contributed by atoms with van der Waals surface area (Å²) in [6.45, 7) is 9.40. The summed E-state index contributed by atoms with van der Waals surface area (Å²) >= 11 is 6.06. The third-order valence-electron chi connectivity index (χ3n) is 6.26. The van der Waals surface area contributed by atoms with Crippen molar-refractivity contribution in [3.8, 4) is 0 Å². The number of benzene rings is 1. The van der Waals surface area contributed by atoms with Crippen LogP contribution in [-0.2, 0) is 15.8 Å². The molecule has 1 saturated heterocycles. The summed E-state index contributed by atoms with van der Waals surface area (Å²) in [5.74, 6) is 0.0252. The smallest absolute Gasteiger partial charge is 0.270 e. The zero-order valence-electron chi connectivity index (χ0n) is 20.3. The number of amides is 2. The number of carbonyl (C=O) groups is 2. The first kappa shape index (κ1) is 26.2. The number of pyridine rings is 1. The second kappa shape index (κ2) is 10.9. The van der Waals surface area contributed by atoms with Crippen molar-refractivity contribution in [3.05, 3.63) is 58.7 Å². The summed E-state index contributed by atoms with van der Waals surface area (Å²) in [4.78, 5) is 32.5. The molecule has 1 aromatic heterocycles. The van der Waals surface area contributed by atoms with Gasteiger partial charge in [-0.1, -0.05) is 57.5 Å². The average Bonchev–Trinajstić information content (AvgIpc) is 2.76. The molecule has 3 atom stereocenters. The molecule has 0 radical (unpaired) electrons. The summed E-state index contributed by atoms with van der Waals surface area (Å²) in [5.41, 5.74) is 1.25. The minimum Gasteiger partial charge on any atom is -0.340 e. The Hall–Kier alpha value is -2.45. The lowest BCUT2D eigenvalue weighted by Gasteiger charge is -2.45. The molecule has 0 aliphatic carbocycles. The molecule has 34 heavy (non-hydrogen) atoms. The van der Waals surface area contributed by atoms with Crippen molar-refractivity contribution in [1.82, 2.24) is 15.2 Å². The van der Waals surface area contributed by atoms with Crippen LogP contribution in [0.1, 0.15) is 56.1 Å². The Balaban J connectivity index is 1.72. The summed E-state index contributed by atoms with van der Waals surface area (Å²) in [6, 6.07) is 12.1. The third-order valence-corrected chi connectivity index (χ3v) is 7.01. The Bertz CT molecular complexity index is 1060. The van der Waals surface area contributed by atoms with Crippen molar-refractivity contribution in [2.24, 2.45) is 11.3 Å². The van der Waals surface area contributed by atoms with Crippen LogP contribution >= 0.6 is 11.6 Å². The van der Waals surface area contributed by atoms with Gasteiger partial charge in [0.05, 0.1) is 0 Å². The molecule has 184 valence electrons. The summed E-state index contributed by atoms with van der Waals surface area (Å²) in [7, 11) is -1.30. The maximum Gasteiger partial charge on any atom is 0.270 e. The van der Waals surface area contributed by atoms with Gasteiger partial charge in [0.15, 0.2) is 0 Å². The number of piperidine rings is 1. The van der Waals surface area contributed by atoms with Crippen LogP contribution in [0.15, 0.2) is 42.5 Å². The topological polar surface area (TPSA) is 91.4 Å². The number of anilines is 1. The summed E-state index contributed by atoms with van der Waals surface area (Å²) in [5, 5.41) is 3.59. The minimum atomic E-state index is -1.30. The van der Waals surface area contributed by atoms with Gasteiger partial charge in [0.1, 0.15) is 28.5 Å². The van der Waals surface area contributed by atoms with Gasteiger partial charge < -0.3 is 10.2 Å². The fourth-order valence-electron chi connectivity index (χ4n) is 4.55. The van der Waals surface area contributed by atoms with E-state index in [0.717, 1.165) is 6.42 Å². The predicted octanol–water partition coefficient (Wildman–Crippen LogP) is 4.24. The lowest BCUT2D eigenvalue weighted by atomic mass is 9.70. The number of halogens is 1. The zero-order valence-corrected chi connectivity index (χ0v) is 21.9. The van der Waals surface area contributed by atoms with E-state index >= 15 is 0 Å². The van der Waals surface area contributed by atoms with Crippen LogP contribution in [0.25, 0.3) is 0 Å². The van der Waals surface area contributed by atoms with Gasteiger partial charge in [0.25, 0.3) is 5.91 Å². The molecular weight excluding hydrogens is 472 g/mol. The highest BCUT2D eigenvalue weighted by molar-refractivity contribution is 7.85. The van der Waals surface area contributed by atoms with E-state index in [1.807, 2.05) is 30.9 Å². The second-order valence-electron chi connectivity index (χ2n) is 9.80. The molecular formula is C25H33ClN4O3S. The van der Waals surface area contributed by atoms with Gasteiger partial charge in [0.2, 0.25) is 5.91 Å². The van der Waals surface area contributed by atoms with Crippen molar-refractivity contribution < 1.29 is 13.8 Å². The van der Waals surface area contributed by atoms with Gasteiger partial charge >= 0.3 is 0 Å². The minimum absolute atomic E-state index is 0.0880. The zero-order chi connectivity index (χ0) is 25.0. The number of carbonyl (C=O) groups excluding carboxylic acids is 2. The first-order chi connectivity index (χ1) is 16.0. The number of hydrogen-bond donors (Lipinski definition) is 2. The first-order valence-electron chi connectivity index (χ1n) is 11.4. The number of nitrogens with zero attached hydrogens (tertiary/aromatic N) is 2. The van der Waals surface area contributed by atoms with E-state index in [0.29, 0.717) is 29.8 Å². The molecule has 0 saturated carbocycles. The molecule has 0 spiro atoms. The molecule has 1 aromatic carbocycles. The van der Waals surface area contributed by atoms with Gasteiger partial charge in [-0.3, -0.25) is 14.3 Å². The van der Waals surface area contributed by atoms with Crippen LogP contribution < -0.4 is 10.0 Å². The molecule has 2 amide bonds. The molecule has 2 N–H and O–H groups in total. The number of aromatic nitrogens is 1. The molecule has 3 unspecified atom stereocenters. The van der Waals surface area contributed by atoms with Crippen molar-refractivity contribution in [2.75, 3.05) is 24.1 Å². The molecule has 7 nitrogen and oxygen atoms in total. The lowest BCUT2D eigenvalue weighted by molar-refractivity contribution is -0.137. The van der Waals surface area contributed by atoms with Crippen LogP contribution in [0, 0.1) is 11.3 Å². The Morgan fingerprint density at radius 3 is 2.44 bits per heavy atom. The SMILES string of the molecule is CC(C)C(NC(=O)c1cccc(NS(C)=O)n1)C(=O)N1CCC(c2ccc(Cl)cc2)C(C)(C)C1. The van der Waals surface area contributed by atoms with E-state index in [4.69, 9.17) is 11.6 Å². The normalized spacial score (nSPS) is 19.4. The Morgan fingerprint density at radius 1 is 1.18 bits per heavy atom. The standard InChI is InChI=1S/C25H33ClN4O3S/c1-16(2)22(28-23(31)20-7-6-8-21(27-20)29-34(5)33)24(32)30-14-13-19(25(3,4)15-30)17-9-11-18(26)12-10-17/h6-12,16,19,22H,13-15H2,1-5H3,(H,27,29)(H,28,31). The number of nitrogens with one attached hydrogen (secondary N) is 2. The highest BCUT2D eigenvalue weighted by Crippen LogP contribution is 2.42. The van der Waals surface area contributed by atoms with E-state index in [-0.39, 0.29) is 22.9 Å². The Morgan fingerprint density at radius 2 is 1.85 bits per heavy atom. The van der Waals surface area contributed by atoms with Gasteiger partial charge in [-0.15, -0.1) is 0 Å². The van der Waals surface area contributed by atoms with E-state index < -0.39 is 22.9 Å². The Kier molecular flexibility index (Phi) is 8.36. The fraction of sp³-hybridized carbons (Fsp3) is 0.480. The van der Waals surface area contributed by atoms with Crippen molar-refractivity contribution in [1.29, 1.82) is 0 Å². The highest BCUT2D eigenvalue weighted by atomic mass is 35.5. The molecule has 2 heterocycles. The third kappa shape index (κ3) is 6.36. The molecule has 1 aliphatic heterocycles. The molecule has 0 bridgehead atoms. The maximum absolute atomic E-state index is 13.5. The van der Waals surface area contributed by atoms with Crippen LogP contribution in [0.4, 0.5) is 5.82 Å². The predicted molar refractivity (Wildman–Crippen MR) is 137 cm³/mol. The molecule has 1 aliphatic rings. The highest BCUT2D eigenvalue weighted by Gasteiger charge is 2.40. The van der Waals surface area contributed by atoms with Gasteiger partial charge in [-0.05, 0) is 53.5 Å². The summed E-state index contributed by atoms with van der Waals surface area (Å²) in [6.07, 6.45) is 2.32. The lowest BCUT2D eigenvalue weighted by Crippen LogP contribution is -2.56. The van der Waals surface area contributed by atoms with E-state index in [1.165, 1.54) is 11.8 Å². The number of likely N-dealkylation sites (tertiary alicyclic amines) is 1. The van der Waals surface area contributed by atoms with Crippen LogP contribution in [0.2, 0.25) is 5.02 Å². The largest absolute Gasteiger partial charge is 0.340 e. The summed E-state index contributed by atoms with van der Waals surface area (Å²) < 4.78 is 14.1. The number of hydrogen-bond acceptors (Lipinski definition) is 4. The number of rotatable bonds is 7. The Labute approximate surface area is 209 Å². The molecule has 2 aromatic rings. The van der Waals surface area contributed by atoms with Crippen molar-refractivity contribution in [3.63, 3.8) is 0 Å².